The van der Waals surface area contributed by atoms with Gasteiger partial charge in [0.2, 0.25) is 0 Å². The Morgan fingerprint density at radius 2 is 1.27 bits per heavy atom. The molecule has 0 fully saturated rings. The summed E-state index contributed by atoms with van der Waals surface area (Å²) >= 11 is 0. The molecule has 3 rings (SSSR count). The van der Waals surface area contributed by atoms with Crippen LogP contribution in [0, 0.1) is 0 Å². The molecule has 0 aliphatic rings. The van der Waals surface area contributed by atoms with Crippen molar-refractivity contribution in [1.29, 1.82) is 0 Å². The van der Waals surface area contributed by atoms with Gasteiger partial charge in [0, 0.05) is 0 Å². The monoisotopic (exact) mass is 344 g/mol. The van der Waals surface area contributed by atoms with Crippen LogP contribution in [0.4, 0.5) is 0 Å². The summed E-state index contributed by atoms with van der Waals surface area (Å²) in [7, 11) is 0. The first-order valence-electron chi connectivity index (χ1n) is 8.94. The van der Waals surface area contributed by atoms with E-state index in [9.17, 15) is 5.11 Å². The highest BCUT2D eigenvalue weighted by Crippen LogP contribution is 2.15. The first-order valence-corrected chi connectivity index (χ1v) is 8.94. The fourth-order valence-electron chi connectivity index (χ4n) is 2.87. The number of phenols is 1. The van der Waals surface area contributed by atoms with Crippen LogP contribution >= 0.6 is 0 Å². The minimum absolute atomic E-state index is 0.273. The van der Waals surface area contributed by atoms with Gasteiger partial charge in [0.25, 0.3) is 0 Å². The second-order valence-corrected chi connectivity index (χ2v) is 6.24. The van der Waals surface area contributed by atoms with Crippen LogP contribution in [0.5, 0.6) is 5.75 Å². The third kappa shape index (κ3) is 4.96. The van der Waals surface area contributed by atoms with Gasteiger partial charge in [0.1, 0.15) is 5.75 Å². The van der Waals surface area contributed by atoms with Crippen LogP contribution in [0.2, 0.25) is 0 Å². The van der Waals surface area contributed by atoms with Crippen molar-refractivity contribution in [3.63, 3.8) is 0 Å². The van der Waals surface area contributed by atoms with Gasteiger partial charge in [0.15, 0.2) is 0 Å². The Balaban J connectivity index is 1.88. The van der Waals surface area contributed by atoms with Gasteiger partial charge in [-0.2, -0.15) is 5.10 Å². The van der Waals surface area contributed by atoms with Crippen molar-refractivity contribution in [2.24, 2.45) is 5.10 Å². The normalized spacial score (nSPS) is 11.3. The summed E-state index contributed by atoms with van der Waals surface area (Å²) < 4.78 is 0. The number of nitrogens with zero attached hydrogens (tertiary/aromatic N) is 2. The zero-order valence-corrected chi connectivity index (χ0v) is 15.0. The number of phenolic OH excluding ortho intramolecular Hbond substituents is 1. The molecule has 3 aromatic carbocycles. The van der Waals surface area contributed by atoms with Crippen LogP contribution in [-0.2, 0) is 13.1 Å². The summed E-state index contributed by atoms with van der Waals surface area (Å²) in [6.07, 6.45) is 0.824. The first kappa shape index (κ1) is 17.7. The summed E-state index contributed by atoms with van der Waals surface area (Å²) in [6, 6.07) is 28.0. The molecule has 0 spiro atoms. The van der Waals surface area contributed by atoms with Crippen molar-refractivity contribution >= 4 is 5.71 Å². The van der Waals surface area contributed by atoms with Crippen LogP contribution in [0.15, 0.2) is 90.0 Å². The van der Waals surface area contributed by atoms with Crippen molar-refractivity contribution in [3.8, 4) is 5.75 Å². The number of benzene rings is 3. The molecule has 0 radical (unpaired) electrons. The van der Waals surface area contributed by atoms with Gasteiger partial charge in [-0.25, -0.2) is 0 Å². The highest BCUT2D eigenvalue weighted by molar-refractivity contribution is 6.00. The molecule has 0 aliphatic heterocycles. The molecule has 132 valence electrons. The van der Waals surface area contributed by atoms with E-state index in [4.69, 9.17) is 5.10 Å². The van der Waals surface area contributed by atoms with Crippen molar-refractivity contribution in [3.05, 3.63) is 102 Å². The van der Waals surface area contributed by atoms with Crippen LogP contribution in [0.1, 0.15) is 30.0 Å². The molecule has 0 aliphatic carbocycles. The molecule has 0 amide bonds. The molecule has 26 heavy (non-hydrogen) atoms. The standard InChI is InChI=1S/C23H24N2O/c1-2-23(21-13-15-22(26)16-14-21)24-25(17-19-9-5-3-6-10-19)18-20-11-7-4-8-12-20/h3-16,26H,2,17-18H2,1H3/b24-23+. The van der Waals surface area contributed by atoms with E-state index >= 15 is 0 Å². The van der Waals surface area contributed by atoms with E-state index < -0.39 is 0 Å². The van der Waals surface area contributed by atoms with Gasteiger partial charge in [-0.15, -0.1) is 0 Å². The fourth-order valence-corrected chi connectivity index (χ4v) is 2.87. The summed E-state index contributed by atoms with van der Waals surface area (Å²) in [4.78, 5) is 0. The van der Waals surface area contributed by atoms with Crippen LogP contribution in [0.3, 0.4) is 0 Å². The molecule has 0 saturated heterocycles. The molecule has 0 heterocycles. The minimum Gasteiger partial charge on any atom is -0.508 e. The largest absolute Gasteiger partial charge is 0.508 e. The zero-order valence-electron chi connectivity index (χ0n) is 15.0. The molecular formula is C23H24N2O. The number of hydrogen-bond acceptors (Lipinski definition) is 3. The number of hydrogen-bond donors (Lipinski definition) is 1. The smallest absolute Gasteiger partial charge is 0.115 e. The predicted molar refractivity (Wildman–Crippen MR) is 107 cm³/mol. The van der Waals surface area contributed by atoms with Gasteiger partial charge >= 0.3 is 0 Å². The topological polar surface area (TPSA) is 35.8 Å². The Hall–Kier alpha value is -3.07. The Morgan fingerprint density at radius 3 is 1.73 bits per heavy atom. The van der Waals surface area contributed by atoms with E-state index in [1.54, 1.807) is 12.1 Å². The fraction of sp³-hybridized carbons (Fsp3) is 0.174. The number of hydrazone groups is 1. The minimum atomic E-state index is 0.273. The van der Waals surface area contributed by atoms with Crippen molar-refractivity contribution in [2.75, 3.05) is 0 Å². The SMILES string of the molecule is CC/C(=N\N(Cc1ccccc1)Cc1ccccc1)c1ccc(O)cc1. The lowest BCUT2D eigenvalue weighted by atomic mass is 10.1. The maximum atomic E-state index is 9.53. The molecule has 0 saturated carbocycles. The summed E-state index contributed by atoms with van der Waals surface area (Å²) in [5.74, 6) is 0.273. The average Bonchev–Trinajstić information content (AvgIpc) is 2.68. The van der Waals surface area contributed by atoms with E-state index in [1.807, 2.05) is 24.3 Å². The second kappa shape index (κ2) is 8.86. The van der Waals surface area contributed by atoms with E-state index in [0.29, 0.717) is 0 Å². The highest BCUT2D eigenvalue weighted by Gasteiger charge is 2.08. The lowest BCUT2D eigenvalue weighted by molar-refractivity contribution is 0.270. The molecule has 3 aromatic rings. The zero-order chi connectivity index (χ0) is 18.2. The van der Waals surface area contributed by atoms with Crippen LogP contribution in [-0.4, -0.2) is 15.8 Å². The van der Waals surface area contributed by atoms with Crippen molar-refractivity contribution in [1.82, 2.24) is 5.01 Å². The van der Waals surface area contributed by atoms with Crippen LogP contribution < -0.4 is 0 Å². The number of rotatable bonds is 7. The Labute approximate surface area is 155 Å². The van der Waals surface area contributed by atoms with E-state index in [0.717, 1.165) is 30.8 Å². The molecular weight excluding hydrogens is 320 g/mol. The molecule has 3 heteroatoms. The van der Waals surface area contributed by atoms with Crippen molar-refractivity contribution < 1.29 is 5.11 Å². The lowest BCUT2D eigenvalue weighted by Gasteiger charge is -2.21. The Bertz CT molecular complexity index is 786. The number of aromatic hydroxyl groups is 1. The molecule has 1 N–H and O–H groups in total. The molecule has 0 aromatic heterocycles. The quantitative estimate of drug-likeness (QED) is 0.472. The molecule has 0 bridgehead atoms. The predicted octanol–water partition coefficient (Wildman–Crippen LogP) is 5.21. The lowest BCUT2D eigenvalue weighted by Crippen LogP contribution is -2.19. The highest BCUT2D eigenvalue weighted by atomic mass is 16.3. The van der Waals surface area contributed by atoms with Gasteiger partial charge in [-0.05, 0) is 47.4 Å². The van der Waals surface area contributed by atoms with Gasteiger partial charge < -0.3 is 5.11 Å². The summed E-state index contributed by atoms with van der Waals surface area (Å²) in [5, 5.41) is 16.6. The summed E-state index contributed by atoms with van der Waals surface area (Å²) in [6.45, 7) is 3.60. The van der Waals surface area contributed by atoms with Crippen molar-refractivity contribution in [2.45, 2.75) is 26.4 Å². The third-order valence-electron chi connectivity index (χ3n) is 4.21. The molecule has 0 unspecified atom stereocenters. The average molecular weight is 344 g/mol. The van der Waals surface area contributed by atoms with E-state index in [-0.39, 0.29) is 5.75 Å². The van der Waals surface area contributed by atoms with Gasteiger partial charge in [0.05, 0.1) is 18.8 Å². The Kier molecular flexibility index (Phi) is 6.05. The third-order valence-corrected chi connectivity index (χ3v) is 4.21. The van der Waals surface area contributed by atoms with Crippen LogP contribution in [0.25, 0.3) is 0 Å². The second-order valence-electron chi connectivity index (χ2n) is 6.24. The van der Waals surface area contributed by atoms with Gasteiger partial charge in [-0.3, -0.25) is 5.01 Å². The van der Waals surface area contributed by atoms with Gasteiger partial charge in [-0.1, -0.05) is 67.6 Å². The van der Waals surface area contributed by atoms with E-state index in [1.165, 1.54) is 11.1 Å². The maximum absolute atomic E-state index is 9.53. The maximum Gasteiger partial charge on any atom is 0.115 e. The van der Waals surface area contributed by atoms with E-state index in [2.05, 4.69) is 60.5 Å². The first-order chi connectivity index (χ1) is 12.7. The summed E-state index contributed by atoms with van der Waals surface area (Å²) in [5.41, 5.74) is 4.51. The Morgan fingerprint density at radius 1 is 0.769 bits per heavy atom. The molecule has 0 atom stereocenters. The molecule has 3 nitrogen and oxygen atoms in total.